The lowest BCUT2D eigenvalue weighted by Gasteiger charge is -2.24. The van der Waals surface area contributed by atoms with Gasteiger partial charge in [-0.05, 0) is 49.2 Å². The highest BCUT2D eigenvalue weighted by Gasteiger charge is 2.15. The first-order chi connectivity index (χ1) is 12.2. The van der Waals surface area contributed by atoms with Gasteiger partial charge in [0.1, 0.15) is 12.4 Å². The van der Waals surface area contributed by atoms with E-state index < -0.39 is 0 Å². The van der Waals surface area contributed by atoms with Crippen LogP contribution in [0.1, 0.15) is 30.4 Å². The zero-order valence-electron chi connectivity index (χ0n) is 14.4. The summed E-state index contributed by atoms with van der Waals surface area (Å²) in [5.41, 5.74) is 3.00. The SMILES string of the molecule is Fc1ccccc1NC(=S)NCc1ccccc1C[NH+]1CCCCC1. The average Bonchev–Trinajstić information content (AvgIpc) is 2.64. The molecule has 2 aromatic rings. The molecule has 0 aromatic heterocycles. The first-order valence-electron chi connectivity index (χ1n) is 8.92. The fourth-order valence-corrected chi connectivity index (χ4v) is 3.49. The molecule has 0 radical (unpaired) electrons. The van der Waals surface area contributed by atoms with E-state index in [0.717, 1.165) is 6.54 Å². The lowest BCUT2D eigenvalue weighted by atomic mass is 10.0. The van der Waals surface area contributed by atoms with E-state index in [-0.39, 0.29) is 5.82 Å². The van der Waals surface area contributed by atoms with Gasteiger partial charge in [-0.25, -0.2) is 4.39 Å². The Kier molecular flexibility index (Phi) is 6.36. The van der Waals surface area contributed by atoms with Crippen LogP contribution in [0.4, 0.5) is 10.1 Å². The highest BCUT2D eigenvalue weighted by Crippen LogP contribution is 2.12. The predicted octanol–water partition coefficient (Wildman–Crippen LogP) is 2.88. The summed E-state index contributed by atoms with van der Waals surface area (Å²) in [6.07, 6.45) is 4.02. The Morgan fingerprint density at radius 2 is 1.64 bits per heavy atom. The second kappa shape index (κ2) is 8.92. The molecule has 0 atom stereocenters. The number of para-hydroxylation sites is 1. The Labute approximate surface area is 154 Å². The molecule has 1 fully saturated rings. The second-order valence-electron chi connectivity index (χ2n) is 6.54. The minimum absolute atomic E-state index is 0.305. The van der Waals surface area contributed by atoms with Crippen molar-refractivity contribution in [2.24, 2.45) is 0 Å². The molecule has 0 amide bonds. The topological polar surface area (TPSA) is 28.5 Å². The minimum Gasteiger partial charge on any atom is -0.358 e. The van der Waals surface area contributed by atoms with Crippen LogP contribution in [-0.4, -0.2) is 18.2 Å². The van der Waals surface area contributed by atoms with Crippen molar-refractivity contribution in [3.8, 4) is 0 Å². The molecule has 0 saturated carbocycles. The molecule has 3 N–H and O–H groups in total. The van der Waals surface area contributed by atoms with Crippen molar-refractivity contribution >= 4 is 23.0 Å². The third-order valence-electron chi connectivity index (χ3n) is 4.68. The molecule has 3 rings (SSSR count). The number of likely N-dealkylation sites (tertiary alicyclic amines) is 1. The summed E-state index contributed by atoms with van der Waals surface area (Å²) in [7, 11) is 0. The van der Waals surface area contributed by atoms with Crippen molar-refractivity contribution in [1.82, 2.24) is 5.32 Å². The van der Waals surface area contributed by atoms with Crippen molar-refractivity contribution in [2.75, 3.05) is 18.4 Å². The summed E-state index contributed by atoms with van der Waals surface area (Å²) < 4.78 is 13.7. The van der Waals surface area contributed by atoms with Gasteiger partial charge in [0.15, 0.2) is 5.11 Å². The van der Waals surface area contributed by atoms with E-state index in [9.17, 15) is 4.39 Å². The number of nitrogens with one attached hydrogen (secondary N) is 3. The van der Waals surface area contributed by atoms with Crippen LogP contribution in [0.5, 0.6) is 0 Å². The Balaban J connectivity index is 1.57. The van der Waals surface area contributed by atoms with Crippen LogP contribution in [0.25, 0.3) is 0 Å². The van der Waals surface area contributed by atoms with Gasteiger partial charge in [-0.2, -0.15) is 0 Å². The second-order valence-corrected chi connectivity index (χ2v) is 6.95. The van der Waals surface area contributed by atoms with Gasteiger partial charge in [0.25, 0.3) is 0 Å². The van der Waals surface area contributed by atoms with Crippen molar-refractivity contribution in [3.05, 3.63) is 65.5 Å². The predicted molar refractivity (Wildman–Crippen MR) is 104 cm³/mol. The van der Waals surface area contributed by atoms with E-state index in [0.29, 0.717) is 17.3 Å². The van der Waals surface area contributed by atoms with E-state index >= 15 is 0 Å². The summed E-state index contributed by atoms with van der Waals surface area (Å²) in [6.45, 7) is 4.22. The van der Waals surface area contributed by atoms with Gasteiger partial charge in [0.05, 0.1) is 18.8 Å². The third kappa shape index (κ3) is 5.25. The first-order valence-corrected chi connectivity index (χ1v) is 9.33. The molecule has 3 nitrogen and oxygen atoms in total. The molecule has 1 aliphatic rings. The summed E-state index contributed by atoms with van der Waals surface area (Å²) >= 11 is 5.31. The molecule has 0 aliphatic carbocycles. The zero-order valence-corrected chi connectivity index (χ0v) is 15.2. The molecular formula is C20H25FN3S+. The van der Waals surface area contributed by atoms with Crippen LogP contribution in [0.3, 0.4) is 0 Å². The molecular weight excluding hydrogens is 333 g/mol. The van der Waals surface area contributed by atoms with Crippen molar-refractivity contribution in [2.45, 2.75) is 32.4 Å². The molecule has 0 unspecified atom stereocenters. The van der Waals surface area contributed by atoms with Crippen LogP contribution >= 0.6 is 12.2 Å². The number of thiocarbonyl (C=S) groups is 1. The van der Waals surface area contributed by atoms with Crippen LogP contribution in [-0.2, 0) is 13.1 Å². The van der Waals surface area contributed by atoms with E-state index in [1.165, 1.54) is 49.5 Å². The van der Waals surface area contributed by atoms with Gasteiger partial charge in [0.2, 0.25) is 0 Å². The van der Waals surface area contributed by atoms with Gasteiger partial charge >= 0.3 is 0 Å². The van der Waals surface area contributed by atoms with Gasteiger partial charge in [-0.1, -0.05) is 36.4 Å². The van der Waals surface area contributed by atoms with Gasteiger partial charge in [-0.3, -0.25) is 0 Å². The standard InChI is InChI=1S/C20H24FN3S/c21-18-10-4-5-11-19(18)23-20(25)22-14-16-8-2-3-9-17(16)15-24-12-6-1-7-13-24/h2-5,8-11H,1,6-7,12-15H2,(H2,22,23,25)/p+1. The lowest BCUT2D eigenvalue weighted by Crippen LogP contribution is -3.11. The maximum Gasteiger partial charge on any atom is 0.171 e. The van der Waals surface area contributed by atoms with Crippen LogP contribution < -0.4 is 15.5 Å². The normalized spacial score (nSPS) is 14.9. The number of halogens is 1. The van der Waals surface area contributed by atoms with Gasteiger partial charge < -0.3 is 15.5 Å². The van der Waals surface area contributed by atoms with E-state index in [4.69, 9.17) is 12.2 Å². The highest BCUT2D eigenvalue weighted by atomic mass is 32.1. The zero-order chi connectivity index (χ0) is 17.5. The van der Waals surface area contributed by atoms with Crippen molar-refractivity contribution in [3.63, 3.8) is 0 Å². The summed E-state index contributed by atoms with van der Waals surface area (Å²) in [5, 5.41) is 6.55. The van der Waals surface area contributed by atoms with Gasteiger partial charge in [-0.15, -0.1) is 0 Å². The smallest absolute Gasteiger partial charge is 0.171 e. The number of piperidine rings is 1. The number of benzene rings is 2. The number of rotatable bonds is 5. The number of quaternary nitrogens is 1. The molecule has 2 aromatic carbocycles. The average molecular weight is 359 g/mol. The number of hydrogen-bond acceptors (Lipinski definition) is 1. The van der Waals surface area contributed by atoms with E-state index in [1.807, 2.05) is 0 Å². The Bertz CT molecular complexity index is 714. The van der Waals surface area contributed by atoms with Crippen LogP contribution in [0, 0.1) is 5.82 Å². The lowest BCUT2D eigenvalue weighted by molar-refractivity contribution is -0.918. The molecule has 25 heavy (non-hydrogen) atoms. The highest BCUT2D eigenvalue weighted by molar-refractivity contribution is 7.80. The fraction of sp³-hybridized carbons (Fsp3) is 0.350. The van der Waals surface area contributed by atoms with Crippen molar-refractivity contribution < 1.29 is 9.29 Å². The molecule has 1 heterocycles. The quantitative estimate of drug-likeness (QED) is 0.718. The Morgan fingerprint density at radius 3 is 2.40 bits per heavy atom. The molecule has 132 valence electrons. The first kappa shape index (κ1) is 17.8. The number of hydrogen-bond donors (Lipinski definition) is 3. The largest absolute Gasteiger partial charge is 0.358 e. The monoisotopic (exact) mass is 358 g/mol. The maximum absolute atomic E-state index is 13.7. The van der Waals surface area contributed by atoms with E-state index in [2.05, 4.69) is 34.9 Å². The molecule has 1 aliphatic heterocycles. The maximum atomic E-state index is 13.7. The Hall–Kier alpha value is -1.98. The molecule has 5 heteroatoms. The van der Waals surface area contributed by atoms with Crippen LogP contribution in [0.15, 0.2) is 48.5 Å². The number of anilines is 1. The summed E-state index contributed by atoms with van der Waals surface area (Å²) in [6, 6.07) is 15.0. The van der Waals surface area contributed by atoms with E-state index in [1.54, 1.807) is 23.1 Å². The minimum atomic E-state index is -0.305. The van der Waals surface area contributed by atoms with Crippen LogP contribution in [0.2, 0.25) is 0 Å². The molecule has 0 bridgehead atoms. The summed E-state index contributed by atoms with van der Waals surface area (Å²) in [4.78, 5) is 1.66. The van der Waals surface area contributed by atoms with Crippen molar-refractivity contribution in [1.29, 1.82) is 0 Å². The molecule has 0 spiro atoms. The molecule has 1 saturated heterocycles. The Morgan fingerprint density at radius 1 is 0.960 bits per heavy atom. The fourth-order valence-electron chi connectivity index (χ4n) is 3.30. The summed E-state index contributed by atoms with van der Waals surface area (Å²) in [5.74, 6) is -0.305. The third-order valence-corrected chi connectivity index (χ3v) is 4.93. The van der Waals surface area contributed by atoms with Gasteiger partial charge in [0, 0.05) is 12.1 Å².